The molecule has 7 heteroatoms. The summed E-state index contributed by atoms with van der Waals surface area (Å²) >= 11 is 11.9. The normalized spacial score (nSPS) is 10.6. The first-order valence-corrected chi connectivity index (χ1v) is 9.74. The van der Waals surface area contributed by atoms with Gasteiger partial charge in [0, 0.05) is 17.8 Å². The third-order valence-corrected chi connectivity index (χ3v) is 4.88. The van der Waals surface area contributed by atoms with Gasteiger partial charge < -0.3 is 15.0 Å². The molecule has 0 bridgehead atoms. The number of nitrogens with zero attached hydrogens (tertiary/aromatic N) is 1. The summed E-state index contributed by atoms with van der Waals surface area (Å²) < 4.78 is 5.13. The zero-order valence-electron chi connectivity index (χ0n) is 16.2. The first-order chi connectivity index (χ1) is 13.3. The van der Waals surface area contributed by atoms with Crippen molar-refractivity contribution in [2.75, 3.05) is 25.5 Å². The van der Waals surface area contributed by atoms with Crippen LogP contribution in [0.1, 0.15) is 30.6 Å². The van der Waals surface area contributed by atoms with Crippen molar-refractivity contribution in [3.63, 3.8) is 0 Å². The number of hydrogen-bond donors (Lipinski definition) is 1. The van der Waals surface area contributed by atoms with Crippen molar-refractivity contribution in [2.45, 2.75) is 20.3 Å². The monoisotopic (exact) mass is 422 g/mol. The van der Waals surface area contributed by atoms with E-state index in [-0.39, 0.29) is 18.4 Å². The highest BCUT2D eigenvalue weighted by molar-refractivity contribution is 6.42. The molecule has 1 N–H and O–H groups in total. The number of carbonyl (C=O) groups excluding carboxylic acids is 2. The summed E-state index contributed by atoms with van der Waals surface area (Å²) in [6.07, 6.45) is 0.794. The fourth-order valence-corrected chi connectivity index (χ4v) is 2.83. The third kappa shape index (κ3) is 6.43. The predicted molar refractivity (Wildman–Crippen MR) is 113 cm³/mol. The van der Waals surface area contributed by atoms with Gasteiger partial charge in [-0.1, -0.05) is 37.0 Å². The minimum Gasteiger partial charge on any atom is -0.497 e. The van der Waals surface area contributed by atoms with E-state index in [4.69, 9.17) is 27.9 Å². The molecule has 0 aliphatic heterocycles. The highest BCUT2D eigenvalue weighted by Gasteiger charge is 2.19. The van der Waals surface area contributed by atoms with Crippen molar-refractivity contribution in [1.82, 2.24) is 4.90 Å². The van der Waals surface area contributed by atoms with Gasteiger partial charge >= 0.3 is 0 Å². The molecule has 0 saturated carbocycles. The predicted octanol–water partition coefficient (Wildman–Crippen LogP) is 5.13. The van der Waals surface area contributed by atoms with Gasteiger partial charge in [-0.2, -0.15) is 0 Å². The molecule has 28 heavy (non-hydrogen) atoms. The molecule has 0 unspecified atom stereocenters. The summed E-state index contributed by atoms with van der Waals surface area (Å²) in [5.74, 6) is 0.573. The third-order valence-electron chi connectivity index (χ3n) is 4.14. The van der Waals surface area contributed by atoms with Gasteiger partial charge in [0.2, 0.25) is 5.91 Å². The van der Waals surface area contributed by atoms with Crippen LogP contribution in [0.15, 0.2) is 42.5 Å². The second-order valence-electron chi connectivity index (χ2n) is 6.81. The topological polar surface area (TPSA) is 58.6 Å². The highest BCUT2D eigenvalue weighted by Crippen LogP contribution is 2.25. The van der Waals surface area contributed by atoms with Crippen LogP contribution < -0.4 is 10.1 Å². The average molecular weight is 423 g/mol. The van der Waals surface area contributed by atoms with E-state index in [0.717, 1.165) is 6.42 Å². The number of nitrogens with one attached hydrogen (secondary N) is 1. The Labute approximate surface area is 175 Å². The Hall–Kier alpha value is -2.24. The van der Waals surface area contributed by atoms with E-state index in [1.54, 1.807) is 54.5 Å². The van der Waals surface area contributed by atoms with Crippen molar-refractivity contribution < 1.29 is 14.3 Å². The molecule has 2 rings (SSSR count). The summed E-state index contributed by atoms with van der Waals surface area (Å²) in [4.78, 5) is 27.0. The number of rotatable bonds is 8. The highest BCUT2D eigenvalue weighted by atomic mass is 35.5. The molecule has 0 saturated heterocycles. The van der Waals surface area contributed by atoms with Crippen molar-refractivity contribution in [3.05, 3.63) is 58.1 Å². The Bertz CT molecular complexity index is 823. The number of methoxy groups -OCH3 is 1. The number of anilines is 1. The van der Waals surface area contributed by atoms with Crippen LogP contribution in [0.3, 0.4) is 0 Å². The quantitative estimate of drug-likeness (QED) is 0.641. The lowest BCUT2D eigenvalue weighted by Crippen LogP contribution is -2.39. The lowest BCUT2D eigenvalue weighted by Gasteiger charge is -2.23. The van der Waals surface area contributed by atoms with Crippen molar-refractivity contribution in [2.24, 2.45) is 5.92 Å². The van der Waals surface area contributed by atoms with Gasteiger partial charge in [0.25, 0.3) is 5.91 Å². The Balaban J connectivity index is 2.10. The van der Waals surface area contributed by atoms with Crippen LogP contribution in [0, 0.1) is 5.92 Å². The minimum atomic E-state index is -0.302. The molecule has 0 spiro atoms. The van der Waals surface area contributed by atoms with E-state index in [1.807, 2.05) is 0 Å². The number of ether oxygens (including phenoxy) is 1. The summed E-state index contributed by atoms with van der Waals surface area (Å²) in [6, 6.07) is 11.7. The van der Waals surface area contributed by atoms with Gasteiger partial charge in [-0.15, -0.1) is 0 Å². The fraction of sp³-hybridized carbons (Fsp3) is 0.333. The van der Waals surface area contributed by atoms with Crippen LogP contribution in [-0.2, 0) is 4.79 Å². The van der Waals surface area contributed by atoms with Gasteiger partial charge in [0.15, 0.2) is 0 Å². The summed E-state index contributed by atoms with van der Waals surface area (Å²) in [6.45, 7) is 4.58. The molecule has 0 aromatic heterocycles. The summed E-state index contributed by atoms with van der Waals surface area (Å²) in [5, 5.41) is 3.52. The van der Waals surface area contributed by atoms with Crippen LogP contribution in [0.5, 0.6) is 5.75 Å². The molecule has 2 aromatic rings. The fourth-order valence-electron chi connectivity index (χ4n) is 2.53. The van der Waals surface area contributed by atoms with Crippen molar-refractivity contribution in [3.8, 4) is 5.75 Å². The van der Waals surface area contributed by atoms with Crippen LogP contribution in [0.2, 0.25) is 10.0 Å². The molecule has 2 aromatic carbocycles. The Morgan fingerprint density at radius 3 is 2.32 bits per heavy atom. The number of benzene rings is 2. The van der Waals surface area contributed by atoms with Gasteiger partial charge in [-0.05, 0) is 54.8 Å². The maximum absolute atomic E-state index is 12.9. The summed E-state index contributed by atoms with van der Waals surface area (Å²) in [7, 11) is 1.57. The van der Waals surface area contributed by atoms with Gasteiger partial charge in [-0.25, -0.2) is 0 Å². The molecule has 0 heterocycles. The smallest absolute Gasteiger partial charge is 0.254 e. The van der Waals surface area contributed by atoms with E-state index in [9.17, 15) is 9.59 Å². The lowest BCUT2D eigenvalue weighted by molar-refractivity contribution is -0.116. The molecule has 5 nitrogen and oxygen atoms in total. The largest absolute Gasteiger partial charge is 0.497 e. The number of hydrogen-bond acceptors (Lipinski definition) is 3. The van der Waals surface area contributed by atoms with Crippen LogP contribution in [0.4, 0.5) is 5.69 Å². The Kier molecular flexibility index (Phi) is 8.15. The first-order valence-electron chi connectivity index (χ1n) is 8.98. The molecular formula is C21H24Cl2N2O3. The molecule has 150 valence electrons. The van der Waals surface area contributed by atoms with Gasteiger partial charge in [-0.3, -0.25) is 9.59 Å². The van der Waals surface area contributed by atoms with Crippen LogP contribution in [0.25, 0.3) is 0 Å². The average Bonchev–Trinajstić information content (AvgIpc) is 2.67. The van der Waals surface area contributed by atoms with Crippen molar-refractivity contribution >= 4 is 40.7 Å². The Morgan fingerprint density at radius 2 is 1.75 bits per heavy atom. The van der Waals surface area contributed by atoms with Gasteiger partial charge in [0.1, 0.15) is 12.3 Å². The molecular weight excluding hydrogens is 399 g/mol. The molecule has 0 aliphatic rings. The number of carbonyl (C=O) groups is 2. The van der Waals surface area contributed by atoms with Crippen molar-refractivity contribution in [1.29, 1.82) is 0 Å². The SMILES string of the molecule is COc1ccc(C(=O)N(CCC(C)C)CC(=O)Nc2ccc(Cl)c(Cl)c2)cc1. The lowest BCUT2D eigenvalue weighted by atomic mass is 10.1. The van der Waals surface area contributed by atoms with E-state index in [1.165, 1.54) is 0 Å². The van der Waals surface area contributed by atoms with Crippen LogP contribution >= 0.6 is 23.2 Å². The van der Waals surface area contributed by atoms with E-state index >= 15 is 0 Å². The molecule has 2 amide bonds. The van der Waals surface area contributed by atoms with Gasteiger partial charge in [0.05, 0.1) is 17.2 Å². The standard InChI is InChI=1S/C21H24Cl2N2O3/c1-14(2)10-11-25(21(27)15-4-7-17(28-3)8-5-15)13-20(26)24-16-6-9-18(22)19(23)12-16/h4-9,12,14H,10-11,13H2,1-3H3,(H,24,26). The summed E-state index contributed by atoms with van der Waals surface area (Å²) in [5.41, 5.74) is 1.03. The molecule has 0 radical (unpaired) electrons. The number of halogens is 2. The van der Waals surface area contributed by atoms with Crippen LogP contribution in [-0.4, -0.2) is 36.9 Å². The second-order valence-corrected chi connectivity index (χ2v) is 7.63. The first kappa shape index (κ1) is 22.1. The molecule has 0 atom stereocenters. The maximum atomic E-state index is 12.9. The zero-order valence-corrected chi connectivity index (χ0v) is 17.7. The van der Waals surface area contributed by atoms with E-state index in [0.29, 0.717) is 39.5 Å². The molecule has 0 aliphatic carbocycles. The molecule has 0 fully saturated rings. The minimum absolute atomic E-state index is 0.0577. The van der Waals surface area contributed by atoms with E-state index < -0.39 is 0 Å². The number of amides is 2. The van der Waals surface area contributed by atoms with E-state index in [2.05, 4.69) is 19.2 Å². The zero-order chi connectivity index (χ0) is 20.7. The Morgan fingerprint density at radius 1 is 1.07 bits per heavy atom. The second kappa shape index (κ2) is 10.3. The maximum Gasteiger partial charge on any atom is 0.254 e.